The van der Waals surface area contributed by atoms with E-state index in [1.54, 1.807) is 4.68 Å². The molecule has 0 saturated carbocycles. The molecule has 7 heteroatoms. The lowest BCUT2D eigenvalue weighted by atomic mass is 10.0. The van der Waals surface area contributed by atoms with Crippen molar-refractivity contribution in [1.29, 1.82) is 0 Å². The first-order chi connectivity index (χ1) is 10.6. The predicted octanol–water partition coefficient (Wildman–Crippen LogP) is 3.04. The van der Waals surface area contributed by atoms with Gasteiger partial charge in [0, 0.05) is 10.4 Å². The first kappa shape index (κ1) is 16.6. The predicted molar refractivity (Wildman–Crippen MR) is 87.5 cm³/mol. The van der Waals surface area contributed by atoms with Crippen molar-refractivity contribution in [1.82, 2.24) is 25.5 Å². The Morgan fingerprint density at radius 3 is 2.50 bits per heavy atom. The molecular weight excluding hydrogens is 346 g/mol. The monoisotopic (exact) mass is 365 g/mol. The number of carbonyl (C=O) groups excluding carboxylic acids is 1. The molecule has 1 heterocycles. The second-order valence-corrected chi connectivity index (χ2v) is 6.08. The van der Waals surface area contributed by atoms with Crippen LogP contribution >= 0.6 is 15.9 Å². The Hall–Kier alpha value is -1.76. The zero-order valence-corrected chi connectivity index (χ0v) is 14.5. The van der Waals surface area contributed by atoms with Gasteiger partial charge in [0.05, 0.1) is 11.7 Å². The number of rotatable bonds is 6. The van der Waals surface area contributed by atoms with E-state index in [0.29, 0.717) is 5.82 Å². The minimum atomic E-state index is -0.258. The fraction of sp³-hybridized carbons (Fsp3) is 0.467. The molecule has 0 saturated heterocycles. The van der Waals surface area contributed by atoms with Gasteiger partial charge in [-0.15, -0.1) is 5.10 Å². The van der Waals surface area contributed by atoms with Gasteiger partial charge in [0.2, 0.25) is 5.91 Å². The molecule has 0 aliphatic rings. The van der Waals surface area contributed by atoms with Gasteiger partial charge in [0.1, 0.15) is 0 Å². The minimum absolute atomic E-state index is 0.0273. The molecule has 0 fully saturated rings. The lowest BCUT2D eigenvalue weighted by Gasteiger charge is -2.17. The van der Waals surface area contributed by atoms with Crippen LogP contribution in [0.15, 0.2) is 28.7 Å². The second-order valence-electron chi connectivity index (χ2n) is 5.17. The second kappa shape index (κ2) is 7.49. The number of hydrogen-bond acceptors (Lipinski definition) is 4. The molecule has 1 amide bonds. The van der Waals surface area contributed by atoms with Gasteiger partial charge >= 0.3 is 0 Å². The number of amides is 1. The van der Waals surface area contributed by atoms with Gasteiger partial charge in [-0.3, -0.25) is 4.79 Å². The summed E-state index contributed by atoms with van der Waals surface area (Å²) in [6, 6.07) is 7.42. The molecule has 22 heavy (non-hydrogen) atoms. The fourth-order valence-electron chi connectivity index (χ4n) is 2.29. The molecule has 0 radical (unpaired) electrons. The Kier molecular flexibility index (Phi) is 5.65. The van der Waals surface area contributed by atoms with Gasteiger partial charge in [0.25, 0.3) is 0 Å². The van der Waals surface area contributed by atoms with Gasteiger partial charge < -0.3 is 5.32 Å². The maximum absolute atomic E-state index is 12.2. The molecule has 0 aliphatic carbocycles. The highest BCUT2D eigenvalue weighted by atomic mass is 79.9. The van der Waals surface area contributed by atoms with Crippen molar-refractivity contribution in [2.75, 3.05) is 0 Å². The number of nitrogens with one attached hydrogen (secondary N) is 1. The molecule has 6 nitrogen and oxygen atoms in total. The van der Waals surface area contributed by atoms with Crippen molar-refractivity contribution < 1.29 is 4.79 Å². The zero-order valence-electron chi connectivity index (χ0n) is 13.0. The summed E-state index contributed by atoms with van der Waals surface area (Å²) in [5, 5.41) is 14.8. The standard InChI is InChI=1S/C15H20BrN5O/c1-4-11(5-2)15(22)17-10(3)14-18-19-20-21(14)13-8-6-12(16)7-9-13/h6-11H,4-5H2,1-3H3,(H,17,22). The number of carbonyl (C=O) groups is 1. The van der Waals surface area contributed by atoms with E-state index < -0.39 is 0 Å². The largest absolute Gasteiger partial charge is 0.346 e. The van der Waals surface area contributed by atoms with Crippen LogP contribution < -0.4 is 5.32 Å². The maximum Gasteiger partial charge on any atom is 0.223 e. The number of benzene rings is 1. The highest BCUT2D eigenvalue weighted by Crippen LogP contribution is 2.18. The summed E-state index contributed by atoms with van der Waals surface area (Å²) >= 11 is 3.40. The molecule has 118 valence electrons. The lowest BCUT2D eigenvalue weighted by Crippen LogP contribution is -2.33. The van der Waals surface area contributed by atoms with Crippen molar-refractivity contribution in [2.45, 2.75) is 39.7 Å². The van der Waals surface area contributed by atoms with Gasteiger partial charge in [-0.2, -0.15) is 4.68 Å². The Balaban J connectivity index is 2.18. The molecule has 1 aromatic carbocycles. The molecule has 1 N–H and O–H groups in total. The third-order valence-electron chi connectivity index (χ3n) is 3.67. The normalized spacial score (nSPS) is 12.4. The van der Waals surface area contributed by atoms with Gasteiger partial charge in [-0.1, -0.05) is 29.8 Å². The van der Waals surface area contributed by atoms with E-state index >= 15 is 0 Å². The van der Waals surface area contributed by atoms with Crippen molar-refractivity contribution >= 4 is 21.8 Å². The van der Waals surface area contributed by atoms with Crippen LogP contribution in [0.3, 0.4) is 0 Å². The molecule has 1 atom stereocenters. The Bertz CT molecular complexity index is 621. The van der Waals surface area contributed by atoms with Crippen LogP contribution in [0.2, 0.25) is 0 Å². The van der Waals surface area contributed by atoms with Crippen LogP contribution in [-0.2, 0) is 4.79 Å². The van der Waals surface area contributed by atoms with Gasteiger partial charge in [-0.25, -0.2) is 0 Å². The number of nitrogens with zero attached hydrogens (tertiary/aromatic N) is 4. The van der Waals surface area contributed by atoms with Gasteiger partial charge in [0.15, 0.2) is 5.82 Å². The SMILES string of the molecule is CCC(CC)C(=O)NC(C)c1nnnn1-c1ccc(Br)cc1. The highest BCUT2D eigenvalue weighted by molar-refractivity contribution is 9.10. The molecule has 0 bridgehead atoms. The van der Waals surface area contributed by atoms with Crippen LogP contribution in [0.1, 0.15) is 45.5 Å². The van der Waals surface area contributed by atoms with Crippen LogP contribution in [0, 0.1) is 5.92 Å². The quantitative estimate of drug-likeness (QED) is 0.853. The highest BCUT2D eigenvalue weighted by Gasteiger charge is 2.21. The lowest BCUT2D eigenvalue weighted by molar-refractivity contribution is -0.125. The summed E-state index contributed by atoms with van der Waals surface area (Å²) in [6.07, 6.45) is 1.65. The summed E-state index contributed by atoms with van der Waals surface area (Å²) < 4.78 is 2.63. The molecular formula is C15H20BrN5O. The summed E-state index contributed by atoms with van der Waals surface area (Å²) in [5.41, 5.74) is 0.854. The van der Waals surface area contributed by atoms with Crippen molar-refractivity contribution in [2.24, 2.45) is 5.92 Å². The smallest absolute Gasteiger partial charge is 0.223 e. The summed E-state index contributed by atoms with van der Waals surface area (Å²) in [7, 11) is 0. The van der Waals surface area contributed by atoms with E-state index in [1.165, 1.54) is 0 Å². The first-order valence-electron chi connectivity index (χ1n) is 7.41. The average Bonchev–Trinajstić information content (AvgIpc) is 2.98. The molecule has 1 unspecified atom stereocenters. The third kappa shape index (κ3) is 3.71. The number of tetrazole rings is 1. The zero-order chi connectivity index (χ0) is 16.1. The summed E-state index contributed by atoms with van der Waals surface area (Å²) in [5.74, 6) is 0.684. The maximum atomic E-state index is 12.2. The van der Waals surface area contributed by atoms with E-state index in [0.717, 1.165) is 23.0 Å². The first-order valence-corrected chi connectivity index (χ1v) is 8.20. The minimum Gasteiger partial charge on any atom is -0.346 e. The van der Waals surface area contributed by atoms with Crippen LogP contribution in [-0.4, -0.2) is 26.1 Å². The van der Waals surface area contributed by atoms with Crippen LogP contribution in [0.25, 0.3) is 5.69 Å². The molecule has 1 aromatic heterocycles. The summed E-state index contributed by atoms with van der Waals surface area (Å²) in [6.45, 7) is 5.93. The van der Waals surface area contributed by atoms with Crippen LogP contribution in [0.4, 0.5) is 0 Å². The summed E-state index contributed by atoms with van der Waals surface area (Å²) in [4.78, 5) is 12.2. The van der Waals surface area contributed by atoms with E-state index in [4.69, 9.17) is 0 Å². The van der Waals surface area contributed by atoms with Crippen molar-refractivity contribution in [3.05, 3.63) is 34.6 Å². The molecule has 2 aromatic rings. The Labute approximate surface area is 138 Å². The van der Waals surface area contributed by atoms with Crippen molar-refractivity contribution in [3.63, 3.8) is 0 Å². The number of halogens is 1. The fourth-order valence-corrected chi connectivity index (χ4v) is 2.55. The topological polar surface area (TPSA) is 72.7 Å². The van der Waals surface area contributed by atoms with E-state index in [2.05, 4.69) is 36.8 Å². The Morgan fingerprint density at radius 1 is 1.27 bits per heavy atom. The van der Waals surface area contributed by atoms with E-state index in [-0.39, 0.29) is 17.9 Å². The molecule has 2 rings (SSSR count). The molecule has 0 aliphatic heterocycles. The average molecular weight is 366 g/mol. The van der Waals surface area contributed by atoms with E-state index in [9.17, 15) is 4.79 Å². The van der Waals surface area contributed by atoms with Crippen LogP contribution in [0.5, 0.6) is 0 Å². The third-order valence-corrected chi connectivity index (χ3v) is 4.20. The molecule has 0 spiro atoms. The van der Waals surface area contributed by atoms with Crippen molar-refractivity contribution in [3.8, 4) is 5.69 Å². The Morgan fingerprint density at radius 2 is 1.91 bits per heavy atom. The van der Waals surface area contributed by atoms with Gasteiger partial charge in [-0.05, 0) is 54.5 Å². The van der Waals surface area contributed by atoms with E-state index in [1.807, 2.05) is 45.0 Å². The number of hydrogen-bond donors (Lipinski definition) is 1. The number of aromatic nitrogens is 4.